The van der Waals surface area contributed by atoms with E-state index in [1.807, 2.05) is 0 Å². The molecule has 176 valence electrons. The highest BCUT2D eigenvalue weighted by Crippen LogP contribution is 2.24. The zero-order valence-corrected chi connectivity index (χ0v) is 19.7. The van der Waals surface area contributed by atoms with E-state index in [1.54, 1.807) is 90.1 Å². The molecule has 0 aliphatic carbocycles. The highest BCUT2D eigenvalue weighted by Gasteiger charge is 2.43. The molecule has 2 aromatic carbocycles. The van der Waals surface area contributed by atoms with Gasteiger partial charge in [-0.3, -0.25) is 19.2 Å². The number of carbonyl (C=O) groups is 4. The molecule has 0 saturated heterocycles. The van der Waals surface area contributed by atoms with Crippen molar-refractivity contribution >= 4 is 23.6 Å². The molecule has 0 unspecified atom stereocenters. The Labute approximate surface area is 193 Å². The van der Waals surface area contributed by atoms with E-state index >= 15 is 0 Å². The lowest BCUT2D eigenvalue weighted by Crippen LogP contribution is -2.63. The van der Waals surface area contributed by atoms with Gasteiger partial charge in [-0.2, -0.15) is 0 Å². The molecule has 0 radical (unpaired) electrons. The van der Waals surface area contributed by atoms with Gasteiger partial charge in [0.05, 0.1) is 11.1 Å². The topological polar surface area (TPSA) is 113 Å². The van der Waals surface area contributed by atoms with Crippen LogP contribution in [0.1, 0.15) is 62.3 Å². The standard InChI is InChI=1S/C24H30N4O5/c1-23(2,3)27(22(32)21(31)26(25)19(29)17-13-9-7-10-14-17)28(33-24(4,5)6)20(30)18-15-11-8-12-16-18/h7-16H,25H2,1-6H3. The van der Waals surface area contributed by atoms with Crippen LogP contribution < -0.4 is 5.84 Å². The van der Waals surface area contributed by atoms with Crippen LogP contribution in [0, 0.1) is 0 Å². The molecule has 4 amide bonds. The third-order valence-electron chi connectivity index (χ3n) is 4.21. The third kappa shape index (κ3) is 6.47. The fourth-order valence-corrected chi connectivity index (χ4v) is 2.79. The van der Waals surface area contributed by atoms with Gasteiger partial charge in [0.1, 0.15) is 0 Å². The van der Waals surface area contributed by atoms with E-state index in [0.717, 1.165) is 10.2 Å². The van der Waals surface area contributed by atoms with Crippen molar-refractivity contribution in [2.75, 3.05) is 0 Å². The zero-order chi connectivity index (χ0) is 25.0. The normalized spacial score (nSPS) is 11.5. The summed E-state index contributed by atoms with van der Waals surface area (Å²) in [5, 5.41) is 1.86. The van der Waals surface area contributed by atoms with E-state index in [-0.39, 0.29) is 16.1 Å². The fraction of sp³-hybridized carbons (Fsp3) is 0.333. The van der Waals surface area contributed by atoms with E-state index in [1.165, 1.54) is 12.1 Å². The van der Waals surface area contributed by atoms with Gasteiger partial charge in [0.2, 0.25) is 0 Å². The van der Waals surface area contributed by atoms with Crippen LogP contribution in [0.4, 0.5) is 0 Å². The second-order valence-electron chi connectivity index (χ2n) is 9.28. The predicted molar refractivity (Wildman–Crippen MR) is 122 cm³/mol. The van der Waals surface area contributed by atoms with Crippen LogP contribution in [-0.2, 0) is 14.4 Å². The summed E-state index contributed by atoms with van der Waals surface area (Å²) in [7, 11) is 0. The summed E-state index contributed by atoms with van der Waals surface area (Å²) >= 11 is 0. The number of hydroxylamine groups is 1. The summed E-state index contributed by atoms with van der Waals surface area (Å²) in [5.74, 6) is 1.68. The first kappa shape index (κ1) is 25.7. The summed E-state index contributed by atoms with van der Waals surface area (Å²) in [4.78, 5) is 58.1. The molecule has 33 heavy (non-hydrogen) atoms. The Hall–Kier alpha value is -3.56. The van der Waals surface area contributed by atoms with Crippen LogP contribution >= 0.6 is 0 Å². The summed E-state index contributed by atoms with van der Waals surface area (Å²) < 4.78 is 0. The maximum absolute atomic E-state index is 13.4. The van der Waals surface area contributed by atoms with Crippen molar-refractivity contribution in [3.8, 4) is 0 Å². The maximum atomic E-state index is 13.4. The lowest BCUT2D eigenvalue weighted by molar-refractivity contribution is -0.300. The largest absolute Gasteiger partial charge is 0.335 e. The first-order valence-electron chi connectivity index (χ1n) is 10.4. The summed E-state index contributed by atoms with van der Waals surface area (Å²) in [6.07, 6.45) is 0. The molecule has 2 aromatic rings. The van der Waals surface area contributed by atoms with Gasteiger partial charge in [-0.15, -0.1) is 5.17 Å². The molecule has 0 aliphatic heterocycles. The number of hydrogen-bond donors (Lipinski definition) is 1. The van der Waals surface area contributed by atoms with Gasteiger partial charge in [0.25, 0.3) is 11.8 Å². The molecule has 0 fully saturated rings. The van der Waals surface area contributed by atoms with E-state index in [9.17, 15) is 19.2 Å². The Morgan fingerprint density at radius 1 is 0.697 bits per heavy atom. The van der Waals surface area contributed by atoms with Crippen LogP contribution in [0.2, 0.25) is 0 Å². The molecule has 0 saturated carbocycles. The number of benzene rings is 2. The van der Waals surface area contributed by atoms with Crippen molar-refractivity contribution in [2.24, 2.45) is 5.84 Å². The third-order valence-corrected chi connectivity index (χ3v) is 4.21. The average Bonchev–Trinajstić information content (AvgIpc) is 2.75. The first-order valence-corrected chi connectivity index (χ1v) is 10.4. The van der Waals surface area contributed by atoms with Gasteiger partial charge in [-0.25, -0.2) is 20.7 Å². The molecule has 0 atom stereocenters. The number of hydrogen-bond acceptors (Lipinski definition) is 6. The lowest BCUT2D eigenvalue weighted by atomic mass is 10.1. The van der Waals surface area contributed by atoms with Gasteiger partial charge in [-0.1, -0.05) is 36.4 Å². The minimum Gasteiger partial charge on any atom is -0.267 e. The van der Waals surface area contributed by atoms with Crippen molar-refractivity contribution in [3.63, 3.8) is 0 Å². The molecule has 0 heterocycles. The van der Waals surface area contributed by atoms with Crippen molar-refractivity contribution in [1.82, 2.24) is 15.2 Å². The Bertz CT molecular complexity index is 1010. The number of rotatable bonds is 3. The van der Waals surface area contributed by atoms with Crippen LogP contribution in [0.25, 0.3) is 0 Å². The van der Waals surface area contributed by atoms with Crippen LogP contribution in [0.3, 0.4) is 0 Å². The number of amides is 4. The Morgan fingerprint density at radius 2 is 1.12 bits per heavy atom. The number of imide groups is 1. The van der Waals surface area contributed by atoms with Gasteiger partial charge >= 0.3 is 11.8 Å². The number of hydrazine groups is 2. The van der Waals surface area contributed by atoms with Crippen LogP contribution in [-0.4, -0.2) is 50.0 Å². The van der Waals surface area contributed by atoms with Crippen molar-refractivity contribution in [1.29, 1.82) is 0 Å². The summed E-state index contributed by atoms with van der Waals surface area (Å²) in [5.41, 5.74) is -1.63. The Morgan fingerprint density at radius 3 is 1.52 bits per heavy atom. The van der Waals surface area contributed by atoms with Gasteiger partial charge in [-0.05, 0) is 65.8 Å². The van der Waals surface area contributed by atoms with E-state index in [2.05, 4.69) is 0 Å². The van der Waals surface area contributed by atoms with E-state index < -0.39 is 34.8 Å². The van der Waals surface area contributed by atoms with Gasteiger partial charge < -0.3 is 0 Å². The second kappa shape index (κ2) is 9.93. The molecule has 0 bridgehead atoms. The average molecular weight is 455 g/mol. The van der Waals surface area contributed by atoms with Crippen molar-refractivity contribution in [3.05, 3.63) is 71.8 Å². The SMILES string of the molecule is CC(C)(C)ON(C(=O)c1ccccc1)N(C(=O)C(=O)N(N)C(=O)c1ccccc1)C(C)(C)C. The number of carbonyl (C=O) groups excluding carboxylic acids is 4. The first-order chi connectivity index (χ1) is 15.2. The molecular weight excluding hydrogens is 424 g/mol. The highest BCUT2D eigenvalue weighted by molar-refractivity contribution is 6.38. The molecule has 0 aliphatic rings. The summed E-state index contributed by atoms with van der Waals surface area (Å²) in [6, 6.07) is 16.0. The van der Waals surface area contributed by atoms with Crippen LogP contribution in [0.5, 0.6) is 0 Å². The predicted octanol–water partition coefficient (Wildman–Crippen LogP) is 2.94. The molecule has 9 nitrogen and oxygen atoms in total. The fourth-order valence-electron chi connectivity index (χ4n) is 2.79. The van der Waals surface area contributed by atoms with Gasteiger partial charge in [0.15, 0.2) is 0 Å². The Balaban J connectivity index is 2.47. The van der Waals surface area contributed by atoms with Crippen molar-refractivity contribution in [2.45, 2.75) is 52.7 Å². The molecule has 0 aromatic heterocycles. The number of nitrogens with two attached hydrogens (primary N) is 1. The molecule has 9 heteroatoms. The summed E-state index contributed by atoms with van der Waals surface area (Å²) in [6.45, 7) is 9.94. The van der Waals surface area contributed by atoms with E-state index in [0.29, 0.717) is 0 Å². The molecular formula is C24H30N4O5. The van der Waals surface area contributed by atoms with E-state index in [4.69, 9.17) is 10.7 Å². The smallest absolute Gasteiger partial charge is 0.267 e. The van der Waals surface area contributed by atoms with Crippen molar-refractivity contribution < 1.29 is 24.0 Å². The molecule has 2 rings (SSSR count). The maximum Gasteiger partial charge on any atom is 0.335 e. The molecule has 0 spiro atoms. The zero-order valence-electron chi connectivity index (χ0n) is 19.7. The number of nitrogens with zero attached hydrogens (tertiary/aromatic N) is 3. The minimum atomic E-state index is -1.32. The Kier molecular flexibility index (Phi) is 7.73. The highest BCUT2D eigenvalue weighted by atomic mass is 16.7. The minimum absolute atomic E-state index is 0.131. The van der Waals surface area contributed by atoms with Crippen LogP contribution in [0.15, 0.2) is 60.7 Å². The monoisotopic (exact) mass is 454 g/mol. The van der Waals surface area contributed by atoms with Gasteiger partial charge in [0, 0.05) is 11.1 Å². The molecule has 2 N–H and O–H groups in total. The second-order valence-corrected chi connectivity index (χ2v) is 9.28. The lowest BCUT2D eigenvalue weighted by Gasteiger charge is -2.43. The quantitative estimate of drug-likeness (QED) is 0.330.